The van der Waals surface area contributed by atoms with Gasteiger partial charge in [0.25, 0.3) is 5.91 Å². The Bertz CT molecular complexity index is 810. The van der Waals surface area contributed by atoms with E-state index in [-0.39, 0.29) is 27.7 Å². The minimum Gasteiger partial charge on any atom is -0.495 e. The fourth-order valence-electron chi connectivity index (χ4n) is 2.11. The lowest BCUT2D eigenvalue weighted by Crippen LogP contribution is -2.17. The summed E-state index contributed by atoms with van der Waals surface area (Å²) in [5.41, 5.74) is -0.864. The Morgan fingerprint density at radius 2 is 1.80 bits per heavy atom. The number of nitrogens with zero attached hydrogens (tertiary/aromatic N) is 1. The average Bonchev–Trinajstić information content (AvgIpc) is 2.54. The number of hydrogen-bond acceptors (Lipinski definition) is 4. The number of pyridine rings is 1. The molecular formula is C16H14ClF3N2O3. The van der Waals surface area contributed by atoms with E-state index in [4.69, 9.17) is 21.1 Å². The zero-order valence-electron chi connectivity index (χ0n) is 13.5. The zero-order chi connectivity index (χ0) is 18.8. The lowest BCUT2D eigenvalue weighted by atomic mass is 10.1. The van der Waals surface area contributed by atoms with E-state index >= 15 is 0 Å². The lowest BCUT2D eigenvalue weighted by molar-refractivity contribution is -0.141. The van der Waals surface area contributed by atoms with Crippen LogP contribution >= 0.6 is 11.6 Å². The molecule has 0 spiro atoms. The molecule has 0 radical (unpaired) electrons. The van der Waals surface area contributed by atoms with Crippen molar-refractivity contribution < 1.29 is 27.4 Å². The number of halogens is 4. The predicted molar refractivity (Wildman–Crippen MR) is 86.5 cm³/mol. The number of rotatable bonds is 4. The van der Waals surface area contributed by atoms with Gasteiger partial charge in [0.05, 0.1) is 36.2 Å². The summed E-state index contributed by atoms with van der Waals surface area (Å²) in [6, 6.07) is 4.72. The molecule has 1 aromatic heterocycles. The minimum atomic E-state index is -4.58. The van der Waals surface area contributed by atoms with Crippen molar-refractivity contribution in [1.82, 2.24) is 4.98 Å². The third kappa shape index (κ3) is 4.14. The van der Waals surface area contributed by atoms with Crippen LogP contribution in [-0.2, 0) is 6.18 Å². The van der Waals surface area contributed by atoms with Crippen LogP contribution < -0.4 is 14.8 Å². The molecule has 0 bridgehead atoms. The van der Waals surface area contributed by atoms with Crippen LogP contribution in [0.4, 0.5) is 18.9 Å². The summed E-state index contributed by atoms with van der Waals surface area (Å²) < 4.78 is 48.2. The van der Waals surface area contributed by atoms with Crippen molar-refractivity contribution in [2.75, 3.05) is 19.5 Å². The van der Waals surface area contributed by atoms with Crippen LogP contribution in [0.5, 0.6) is 11.5 Å². The second-order valence-electron chi connectivity index (χ2n) is 4.97. The smallest absolute Gasteiger partial charge is 0.433 e. The van der Waals surface area contributed by atoms with Crippen molar-refractivity contribution >= 4 is 23.2 Å². The Balaban J connectivity index is 2.33. The number of aromatic nitrogens is 1. The molecule has 1 N–H and O–H groups in total. The summed E-state index contributed by atoms with van der Waals surface area (Å²) in [5, 5.41) is 2.78. The highest BCUT2D eigenvalue weighted by Crippen LogP contribution is 2.36. The number of carbonyl (C=O) groups excluding carboxylic acids is 1. The number of ether oxygens (including phenoxy) is 2. The highest BCUT2D eigenvalue weighted by molar-refractivity contribution is 6.32. The topological polar surface area (TPSA) is 60.5 Å². The number of alkyl halides is 3. The number of hydrogen-bond donors (Lipinski definition) is 1. The fraction of sp³-hybridized carbons (Fsp3) is 0.250. The molecule has 0 aliphatic rings. The van der Waals surface area contributed by atoms with Gasteiger partial charge in [0, 0.05) is 6.07 Å². The maximum Gasteiger partial charge on any atom is 0.433 e. The molecule has 2 aromatic rings. The molecule has 5 nitrogen and oxygen atoms in total. The second kappa shape index (κ2) is 7.18. The number of aryl methyl sites for hydroxylation is 1. The number of benzene rings is 1. The van der Waals surface area contributed by atoms with Crippen molar-refractivity contribution in [3.8, 4) is 11.5 Å². The van der Waals surface area contributed by atoms with Crippen molar-refractivity contribution in [2.45, 2.75) is 13.1 Å². The van der Waals surface area contributed by atoms with E-state index in [0.29, 0.717) is 5.75 Å². The van der Waals surface area contributed by atoms with Gasteiger partial charge in [-0.3, -0.25) is 4.79 Å². The van der Waals surface area contributed by atoms with Crippen LogP contribution in [-0.4, -0.2) is 25.1 Å². The molecule has 0 saturated heterocycles. The van der Waals surface area contributed by atoms with E-state index in [9.17, 15) is 18.0 Å². The summed E-state index contributed by atoms with van der Waals surface area (Å²) in [4.78, 5) is 15.8. The molecule has 25 heavy (non-hydrogen) atoms. The van der Waals surface area contributed by atoms with Crippen molar-refractivity contribution in [1.29, 1.82) is 0 Å². The molecule has 0 saturated carbocycles. The van der Waals surface area contributed by atoms with Gasteiger partial charge in [-0.25, -0.2) is 4.98 Å². The highest BCUT2D eigenvalue weighted by Gasteiger charge is 2.33. The van der Waals surface area contributed by atoms with Gasteiger partial charge in [-0.05, 0) is 25.1 Å². The van der Waals surface area contributed by atoms with Crippen molar-refractivity contribution in [3.63, 3.8) is 0 Å². The molecule has 1 heterocycles. The number of methoxy groups -OCH3 is 2. The van der Waals surface area contributed by atoms with Crippen LogP contribution in [0.2, 0.25) is 5.02 Å². The summed E-state index contributed by atoms with van der Waals surface area (Å²) in [6.45, 7) is 1.32. The summed E-state index contributed by atoms with van der Waals surface area (Å²) in [6.07, 6.45) is -4.58. The average molecular weight is 375 g/mol. The van der Waals surface area contributed by atoms with E-state index in [0.717, 1.165) is 12.1 Å². The van der Waals surface area contributed by atoms with E-state index in [1.807, 2.05) is 0 Å². The molecule has 0 unspecified atom stereocenters. The first-order chi connectivity index (χ1) is 11.7. The monoisotopic (exact) mass is 374 g/mol. The van der Waals surface area contributed by atoms with Gasteiger partial charge in [-0.2, -0.15) is 13.2 Å². The maximum absolute atomic E-state index is 12.7. The molecule has 1 aromatic carbocycles. The summed E-state index contributed by atoms with van der Waals surface area (Å²) in [5.74, 6) is -0.00530. The van der Waals surface area contributed by atoms with Gasteiger partial charge in [0.15, 0.2) is 0 Å². The molecule has 0 atom stereocenters. The molecular weight excluding hydrogens is 361 g/mol. The summed E-state index contributed by atoms with van der Waals surface area (Å²) in [7, 11) is 2.82. The van der Waals surface area contributed by atoms with Crippen LogP contribution in [0, 0.1) is 6.92 Å². The minimum absolute atomic E-state index is 0.00185. The molecule has 0 aliphatic heterocycles. The first-order valence-corrected chi connectivity index (χ1v) is 7.33. The van der Waals surface area contributed by atoms with E-state index in [1.54, 1.807) is 0 Å². The van der Waals surface area contributed by atoms with E-state index < -0.39 is 17.8 Å². The number of amides is 1. The van der Waals surface area contributed by atoms with Crippen LogP contribution in [0.25, 0.3) is 0 Å². The lowest BCUT2D eigenvalue weighted by Gasteiger charge is -2.14. The molecule has 9 heteroatoms. The first kappa shape index (κ1) is 18.9. The van der Waals surface area contributed by atoms with Crippen molar-refractivity contribution in [3.05, 3.63) is 46.2 Å². The third-order valence-corrected chi connectivity index (χ3v) is 3.64. The molecule has 0 aliphatic carbocycles. The Labute approximate surface area is 146 Å². The van der Waals surface area contributed by atoms with Crippen LogP contribution in [0.1, 0.15) is 21.7 Å². The van der Waals surface area contributed by atoms with Gasteiger partial charge in [0.1, 0.15) is 17.2 Å². The Morgan fingerprint density at radius 1 is 1.16 bits per heavy atom. The van der Waals surface area contributed by atoms with Gasteiger partial charge in [0.2, 0.25) is 0 Å². The molecule has 2 rings (SSSR count). The fourth-order valence-corrected chi connectivity index (χ4v) is 2.35. The van der Waals surface area contributed by atoms with Crippen LogP contribution in [0.3, 0.4) is 0 Å². The third-order valence-electron chi connectivity index (χ3n) is 3.34. The predicted octanol–water partition coefficient (Wildman–Crippen LogP) is 4.33. The second-order valence-corrected chi connectivity index (χ2v) is 5.38. The van der Waals surface area contributed by atoms with Gasteiger partial charge < -0.3 is 14.8 Å². The molecule has 134 valence electrons. The Hall–Kier alpha value is -2.48. The maximum atomic E-state index is 12.7. The SMILES string of the molecule is COc1cc(OC)c(NC(=O)c2ccc(C(F)(F)F)nc2C)cc1Cl. The largest absolute Gasteiger partial charge is 0.495 e. The first-order valence-electron chi connectivity index (χ1n) is 6.95. The highest BCUT2D eigenvalue weighted by atomic mass is 35.5. The summed E-state index contributed by atoms with van der Waals surface area (Å²) >= 11 is 6.02. The Morgan fingerprint density at radius 3 is 2.32 bits per heavy atom. The standard InChI is InChI=1S/C16H14ClF3N2O3/c1-8-9(4-5-14(21-8)16(18,19)20)15(23)22-11-6-10(17)12(24-2)7-13(11)25-3/h4-7H,1-3H3,(H,22,23). The molecule has 1 amide bonds. The number of nitrogens with one attached hydrogen (secondary N) is 1. The normalized spacial score (nSPS) is 11.2. The van der Waals surface area contributed by atoms with Crippen LogP contribution in [0.15, 0.2) is 24.3 Å². The van der Waals surface area contributed by atoms with E-state index in [1.165, 1.54) is 33.3 Å². The van der Waals surface area contributed by atoms with E-state index in [2.05, 4.69) is 10.3 Å². The Kier molecular flexibility index (Phi) is 5.42. The van der Waals surface area contributed by atoms with Gasteiger partial charge >= 0.3 is 6.18 Å². The zero-order valence-corrected chi connectivity index (χ0v) is 14.2. The van der Waals surface area contributed by atoms with Gasteiger partial charge in [-0.1, -0.05) is 11.6 Å². The molecule has 0 fully saturated rings. The number of carbonyl (C=O) groups is 1. The number of anilines is 1. The van der Waals surface area contributed by atoms with Gasteiger partial charge in [-0.15, -0.1) is 0 Å². The quantitative estimate of drug-likeness (QED) is 0.865. The van der Waals surface area contributed by atoms with Crippen molar-refractivity contribution in [2.24, 2.45) is 0 Å².